The first-order valence-electron chi connectivity index (χ1n) is 2.61. The average Bonchev–Trinajstić information content (AvgIpc) is 2.20. The number of nitrogens with zero attached hydrogens (tertiary/aromatic N) is 1. The fourth-order valence-electron chi connectivity index (χ4n) is 0.437. The molecule has 0 radical (unpaired) electrons. The van der Waals surface area contributed by atoms with Crippen molar-refractivity contribution in [1.82, 2.24) is 5.16 Å². The van der Waals surface area contributed by atoms with Gasteiger partial charge < -0.3 is 10.6 Å². The van der Waals surface area contributed by atoms with Crippen molar-refractivity contribution in [1.29, 1.82) is 0 Å². The van der Waals surface area contributed by atoms with Crippen LogP contribution in [0.25, 0.3) is 0 Å². The van der Waals surface area contributed by atoms with E-state index in [0.717, 1.165) is 29.3 Å². The van der Waals surface area contributed by atoms with Gasteiger partial charge in [-0.25, -0.2) is 0 Å². The summed E-state index contributed by atoms with van der Waals surface area (Å²) < 4.78 is 4.66. The van der Waals surface area contributed by atoms with Crippen LogP contribution in [-0.2, 0) is 17.9 Å². The molecule has 0 aromatic carbocycles. The van der Waals surface area contributed by atoms with Crippen molar-refractivity contribution in [2.45, 2.75) is 13.8 Å². The molecule has 0 unspecified atom stereocenters. The summed E-state index contributed by atoms with van der Waals surface area (Å²) in [6.07, 6.45) is 0. The third kappa shape index (κ3) is 5.01. The van der Waals surface area contributed by atoms with Gasteiger partial charge in [0.2, 0.25) is 0 Å². The van der Waals surface area contributed by atoms with E-state index in [1.54, 1.807) is 0 Å². The SMILES string of the molecule is Br.Cc1[c-]c(C)on1.[CH2]=[Zn]. The van der Waals surface area contributed by atoms with Gasteiger partial charge >= 0.3 is 23.0 Å². The van der Waals surface area contributed by atoms with E-state index in [-0.39, 0.29) is 17.0 Å². The average molecular weight is 256 g/mol. The van der Waals surface area contributed by atoms with E-state index in [1.165, 1.54) is 0 Å². The Hall–Kier alpha value is 0.183. The second kappa shape index (κ2) is 7.29. The van der Waals surface area contributed by atoms with E-state index < -0.39 is 0 Å². The van der Waals surface area contributed by atoms with Crippen LogP contribution in [0.1, 0.15) is 11.5 Å². The van der Waals surface area contributed by atoms with Gasteiger partial charge in [-0.15, -0.1) is 22.1 Å². The Labute approximate surface area is 81.0 Å². The number of hydrogen-bond acceptors (Lipinski definition) is 2. The molecule has 4 heteroatoms. The van der Waals surface area contributed by atoms with Crippen molar-refractivity contribution in [2.24, 2.45) is 0 Å². The minimum absolute atomic E-state index is 0. The van der Waals surface area contributed by atoms with Gasteiger partial charge in [-0.3, -0.25) is 0 Å². The van der Waals surface area contributed by atoms with E-state index in [4.69, 9.17) is 0 Å². The molecule has 1 heterocycles. The quantitative estimate of drug-likeness (QED) is 0.521. The van der Waals surface area contributed by atoms with Crippen molar-refractivity contribution >= 4 is 22.1 Å². The van der Waals surface area contributed by atoms with E-state index in [2.05, 4.69) is 20.9 Å². The predicted octanol–water partition coefficient (Wildman–Crippen LogP) is 1.63. The van der Waals surface area contributed by atoms with E-state index in [1.807, 2.05) is 13.8 Å². The first kappa shape index (κ1) is 12.8. The second-order valence-electron chi connectivity index (χ2n) is 1.45. The summed E-state index contributed by atoms with van der Waals surface area (Å²) >= 11 is 1.12. The Morgan fingerprint density at radius 2 is 2.00 bits per heavy atom. The molecular formula is C6H9BrNOZn-. The first-order chi connectivity index (χ1) is 4.29. The second-order valence-corrected chi connectivity index (χ2v) is 1.45. The molecule has 0 spiro atoms. The molecule has 0 fully saturated rings. The summed E-state index contributed by atoms with van der Waals surface area (Å²) in [5, 5.41) is 6.96. The van der Waals surface area contributed by atoms with Crippen LogP contribution in [0.5, 0.6) is 0 Å². The number of rotatable bonds is 0. The standard InChI is InChI=1S/C5H6NO.CH2.BrH.Zn/c1-4-3-5(2)7-6-4;;;/h1-2H3;1H2;1H;/q-1;;;. The predicted molar refractivity (Wildman–Crippen MR) is 42.3 cm³/mol. The maximum absolute atomic E-state index is 4.66. The first-order valence-corrected chi connectivity index (χ1v) is 4.71. The molecule has 54 valence electrons. The van der Waals surface area contributed by atoms with Gasteiger partial charge in [0.1, 0.15) is 0 Å². The molecule has 1 aromatic rings. The molecule has 0 aliphatic carbocycles. The van der Waals surface area contributed by atoms with Crippen molar-refractivity contribution in [3.05, 3.63) is 17.5 Å². The number of aryl methyl sites for hydroxylation is 2. The summed E-state index contributed by atoms with van der Waals surface area (Å²) in [6, 6.07) is 2.86. The Balaban J connectivity index is 0. The minimum atomic E-state index is 0. The molecule has 0 saturated heterocycles. The summed E-state index contributed by atoms with van der Waals surface area (Å²) in [5.41, 5.74) is 0.817. The van der Waals surface area contributed by atoms with E-state index >= 15 is 0 Å². The third-order valence-electron chi connectivity index (χ3n) is 0.676. The number of halogens is 1. The Morgan fingerprint density at radius 1 is 1.50 bits per heavy atom. The van der Waals surface area contributed by atoms with Crippen LogP contribution in [0.15, 0.2) is 4.52 Å². The Kier molecular flexibility index (Phi) is 9.35. The molecule has 2 nitrogen and oxygen atoms in total. The Morgan fingerprint density at radius 3 is 2.10 bits per heavy atom. The molecular weight excluding hydrogens is 247 g/mol. The molecule has 1 rings (SSSR count). The molecule has 0 saturated carbocycles. The summed E-state index contributed by atoms with van der Waals surface area (Å²) in [7, 11) is 0. The monoisotopic (exact) mass is 254 g/mol. The molecule has 0 aliphatic heterocycles. The molecule has 0 amide bonds. The Bertz CT molecular complexity index is 162. The normalized spacial score (nSPS) is 7.20. The van der Waals surface area contributed by atoms with Crippen molar-refractivity contribution in [2.75, 3.05) is 0 Å². The number of aromatic nitrogens is 1. The summed E-state index contributed by atoms with van der Waals surface area (Å²) in [5.74, 6) is 0.748. The van der Waals surface area contributed by atoms with Crippen LogP contribution in [0.4, 0.5) is 0 Å². The molecule has 10 heavy (non-hydrogen) atoms. The topological polar surface area (TPSA) is 26.0 Å². The van der Waals surface area contributed by atoms with Crippen molar-refractivity contribution in [3.63, 3.8) is 0 Å². The summed E-state index contributed by atoms with van der Waals surface area (Å²) in [6.45, 7) is 3.66. The maximum atomic E-state index is 4.66. The third-order valence-corrected chi connectivity index (χ3v) is 0.676. The van der Waals surface area contributed by atoms with Gasteiger partial charge in [0.15, 0.2) is 0 Å². The molecule has 0 bridgehead atoms. The molecule has 1 aromatic heterocycles. The van der Waals surface area contributed by atoms with Crippen LogP contribution in [0.2, 0.25) is 0 Å². The van der Waals surface area contributed by atoms with Gasteiger partial charge in [-0.05, 0) is 12.7 Å². The van der Waals surface area contributed by atoms with Gasteiger partial charge in [-0.1, -0.05) is 12.6 Å². The van der Waals surface area contributed by atoms with Crippen LogP contribution in [0.3, 0.4) is 0 Å². The zero-order valence-corrected chi connectivity index (χ0v) is 10.9. The zero-order valence-electron chi connectivity index (χ0n) is 6.18. The fourth-order valence-corrected chi connectivity index (χ4v) is 0.437. The van der Waals surface area contributed by atoms with Crippen LogP contribution >= 0.6 is 17.0 Å². The van der Waals surface area contributed by atoms with E-state index in [0.29, 0.717) is 0 Å². The van der Waals surface area contributed by atoms with Crippen molar-refractivity contribution in [3.8, 4) is 0 Å². The molecule has 0 atom stereocenters. The van der Waals surface area contributed by atoms with Gasteiger partial charge in [0.25, 0.3) is 0 Å². The fraction of sp³-hybridized carbons (Fsp3) is 0.333. The zero-order chi connectivity index (χ0) is 7.28. The van der Waals surface area contributed by atoms with Crippen molar-refractivity contribution < 1.29 is 22.4 Å². The van der Waals surface area contributed by atoms with Gasteiger partial charge in [-0.2, -0.15) is 0 Å². The van der Waals surface area contributed by atoms with Crippen LogP contribution in [-0.4, -0.2) is 10.3 Å². The number of hydrogen-bond donors (Lipinski definition) is 0. The van der Waals surface area contributed by atoms with Gasteiger partial charge in [0.05, 0.1) is 0 Å². The molecule has 0 aliphatic rings. The van der Waals surface area contributed by atoms with Crippen LogP contribution < -0.4 is 0 Å². The van der Waals surface area contributed by atoms with E-state index in [9.17, 15) is 0 Å². The molecule has 0 N–H and O–H groups in total. The van der Waals surface area contributed by atoms with Gasteiger partial charge in [0, 0.05) is 0 Å². The summed E-state index contributed by atoms with van der Waals surface area (Å²) in [4.78, 5) is 0. The van der Waals surface area contributed by atoms with Crippen LogP contribution in [0, 0.1) is 19.9 Å².